The minimum Gasteiger partial charge on any atom is -0.491 e. The van der Waals surface area contributed by atoms with Crippen molar-refractivity contribution in [2.24, 2.45) is 0 Å². The Balaban J connectivity index is 1.58. The Morgan fingerprint density at radius 3 is 3.04 bits per heavy atom. The number of carbonyl (C=O) groups is 1. The summed E-state index contributed by atoms with van der Waals surface area (Å²) in [6, 6.07) is 11.7. The molecule has 1 amide bonds. The lowest BCUT2D eigenvalue weighted by Gasteiger charge is -2.24. The van der Waals surface area contributed by atoms with E-state index in [-0.39, 0.29) is 11.9 Å². The molecule has 3 heterocycles. The molecule has 1 fully saturated rings. The zero-order valence-electron chi connectivity index (χ0n) is 15.9. The summed E-state index contributed by atoms with van der Waals surface area (Å²) in [5.41, 5.74) is 2.00. The van der Waals surface area contributed by atoms with Crippen molar-refractivity contribution in [2.45, 2.75) is 25.4 Å². The molecule has 28 heavy (non-hydrogen) atoms. The van der Waals surface area contributed by atoms with Crippen molar-refractivity contribution in [3.8, 4) is 5.75 Å². The number of carbonyl (C=O) groups excluding carboxylic acids is 1. The first-order valence-corrected chi connectivity index (χ1v) is 9.83. The number of nitrogens with one attached hydrogen (secondary N) is 2. The Kier molecular flexibility index (Phi) is 6.04. The van der Waals surface area contributed by atoms with Crippen LogP contribution in [0.4, 0.5) is 11.5 Å². The molecule has 0 aliphatic carbocycles. The van der Waals surface area contributed by atoms with Gasteiger partial charge in [0, 0.05) is 30.5 Å². The van der Waals surface area contributed by atoms with Crippen molar-refractivity contribution in [1.82, 2.24) is 15.2 Å². The van der Waals surface area contributed by atoms with Gasteiger partial charge >= 0.3 is 0 Å². The van der Waals surface area contributed by atoms with Crippen LogP contribution in [0.15, 0.2) is 42.6 Å². The van der Waals surface area contributed by atoms with Crippen molar-refractivity contribution in [3.63, 3.8) is 0 Å². The van der Waals surface area contributed by atoms with Crippen molar-refractivity contribution >= 4 is 17.4 Å². The normalized spacial score (nSPS) is 21.1. The summed E-state index contributed by atoms with van der Waals surface area (Å²) in [7, 11) is 0. The molecule has 0 saturated carbocycles. The van der Waals surface area contributed by atoms with Crippen LogP contribution in [0.25, 0.3) is 0 Å². The predicted octanol–water partition coefficient (Wildman–Crippen LogP) is 2.31. The van der Waals surface area contributed by atoms with Gasteiger partial charge in [0.2, 0.25) is 5.91 Å². The molecule has 7 nitrogen and oxygen atoms in total. The summed E-state index contributed by atoms with van der Waals surface area (Å²) in [5, 5.41) is 6.32. The molecular formula is C21H26N4O3. The van der Waals surface area contributed by atoms with Crippen LogP contribution in [0.3, 0.4) is 0 Å². The second kappa shape index (κ2) is 9.03. The van der Waals surface area contributed by atoms with Crippen LogP contribution in [0.1, 0.15) is 18.4 Å². The van der Waals surface area contributed by atoms with E-state index in [9.17, 15) is 4.79 Å². The fourth-order valence-electron chi connectivity index (χ4n) is 3.71. The van der Waals surface area contributed by atoms with Gasteiger partial charge in [0.05, 0.1) is 19.3 Å². The maximum atomic E-state index is 12.6. The topological polar surface area (TPSA) is 75.7 Å². The SMILES string of the molecule is O=C1NCCOCCOc2ccc(Nc3ccccn3)cc2CN2CCCC12. The average molecular weight is 382 g/mol. The summed E-state index contributed by atoms with van der Waals surface area (Å²) in [6.07, 6.45) is 3.67. The van der Waals surface area contributed by atoms with Crippen molar-refractivity contribution in [2.75, 3.05) is 38.2 Å². The highest BCUT2D eigenvalue weighted by molar-refractivity contribution is 5.82. The fourth-order valence-corrected chi connectivity index (χ4v) is 3.71. The molecule has 1 unspecified atom stereocenters. The average Bonchev–Trinajstić information content (AvgIpc) is 3.17. The highest BCUT2D eigenvalue weighted by atomic mass is 16.5. The van der Waals surface area contributed by atoms with E-state index in [4.69, 9.17) is 9.47 Å². The molecule has 1 saturated heterocycles. The Labute approximate surface area is 165 Å². The Morgan fingerprint density at radius 2 is 2.14 bits per heavy atom. The number of anilines is 2. The molecule has 148 valence electrons. The maximum absolute atomic E-state index is 12.6. The molecule has 0 bridgehead atoms. The first-order valence-electron chi connectivity index (χ1n) is 9.83. The van der Waals surface area contributed by atoms with E-state index in [0.717, 1.165) is 42.2 Å². The van der Waals surface area contributed by atoms with Crippen LogP contribution >= 0.6 is 0 Å². The first kappa shape index (κ1) is 18.7. The van der Waals surface area contributed by atoms with Crippen LogP contribution in [0.2, 0.25) is 0 Å². The van der Waals surface area contributed by atoms with Gasteiger partial charge < -0.3 is 20.1 Å². The van der Waals surface area contributed by atoms with E-state index in [0.29, 0.717) is 32.9 Å². The zero-order chi connectivity index (χ0) is 19.2. The largest absolute Gasteiger partial charge is 0.491 e. The number of hydrogen-bond donors (Lipinski definition) is 2. The summed E-state index contributed by atoms with van der Waals surface area (Å²) in [6.45, 7) is 3.60. The van der Waals surface area contributed by atoms with Gasteiger partial charge in [0.25, 0.3) is 0 Å². The molecule has 0 spiro atoms. The zero-order valence-corrected chi connectivity index (χ0v) is 15.9. The fraction of sp³-hybridized carbons (Fsp3) is 0.429. The van der Waals surface area contributed by atoms with Crippen molar-refractivity contribution in [3.05, 3.63) is 48.2 Å². The third-order valence-electron chi connectivity index (χ3n) is 5.07. The number of nitrogens with zero attached hydrogens (tertiary/aromatic N) is 2. The van der Waals surface area contributed by atoms with Gasteiger partial charge in [-0.1, -0.05) is 6.07 Å². The monoisotopic (exact) mass is 382 g/mol. The number of hydrogen-bond acceptors (Lipinski definition) is 6. The van der Waals surface area contributed by atoms with Crippen LogP contribution in [-0.4, -0.2) is 54.7 Å². The molecule has 2 N–H and O–H groups in total. The van der Waals surface area contributed by atoms with Gasteiger partial charge in [-0.3, -0.25) is 9.69 Å². The number of pyridine rings is 1. The molecule has 2 aliphatic rings. The molecule has 1 atom stereocenters. The number of benzene rings is 1. The third kappa shape index (κ3) is 4.61. The van der Waals surface area contributed by atoms with Crippen LogP contribution < -0.4 is 15.4 Å². The van der Waals surface area contributed by atoms with E-state index in [1.165, 1.54) is 0 Å². The molecule has 0 radical (unpaired) electrons. The van der Waals surface area contributed by atoms with Gasteiger partial charge in [0.1, 0.15) is 18.2 Å². The van der Waals surface area contributed by atoms with E-state index in [1.54, 1.807) is 6.20 Å². The number of rotatable bonds is 2. The summed E-state index contributed by atoms with van der Waals surface area (Å²) < 4.78 is 11.5. The lowest BCUT2D eigenvalue weighted by Crippen LogP contribution is -2.43. The molecule has 1 aromatic heterocycles. The van der Waals surface area contributed by atoms with Crippen LogP contribution in [0.5, 0.6) is 5.75 Å². The number of aromatic nitrogens is 1. The van der Waals surface area contributed by atoms with E-state index < -0.39 is 0 Å². The van der Waals surface area contributed by atoms with E-state index in [2.05, 4.69) is 26.6 Å². The van der Waals surface area contributed by atoms with Gasteiger partial charge in [-0.2, -0.15) is 0 Å². The minimum absolute atomic E-state index is 0.0885. The second-order valence-electron chi connectivity index (χ2n) is 7.04. The van der Waals surface area contributed by atoms with Gasteiger partial charge in [-0.25, -0.2) is 4.98 Å². The summed E-state index contributed by atoms with van der Waals surface area (Å²) in [5.74, 6) is 1.71. The Hall–Kier alpha value is -2.64. The standard InChI is InChI=1S/C21H26N4O3/c26-21-18-4-3-10-25(18)15-16-14-17(24-20-5-1-2-8-22-20)6-7-19(16)28-13-12-27-11-9-23-21/h1-2,5-8,14,18H,3-4,9-13,15H2,(H,22,24)(H,23,26). The minimum atomic E-state index is -0.0963. The highest BCUT2D eigenvalue weighted by Gasteiger charge is 2.31. The van der Waals surface area contributed by atoms with Crippen LogP contribution in [0, 0.1) is 0 Å². The summed E-state index contributed by atoms with van der Waals surface area (Å²) in [4.78, 5) is 19.1. The second-order valence-corrected chi connectivity index (χ2v) is 7.04. The number of amides is 1. The molecular weight excluding hydrogens is 356 g/mol. The predicted molar refractivity (Wildman–Crippen MR) is 107 cm³/mol. The lowest BCUT2D eigenvalue weighted by atomic mass is 10.1. The van der Waals surface area contributed by atoms with E-state index in [1.807, 2.05) is 30.3 Å². The molecule has 2 aromatic rings. The third-order valence-corrected chi connectivity index (χ3v) is 5.07. The van der Waals surface area contributed by atoms with Gasteiger partial charge in [-0.05, 0) is 49.7 Å². The molecule has 1 aromatic carbocycles. The molecule has 4 rings (SSSR count). The molecule has 7 heteroatoms. The quantitative estimate of drug-likeness (QED) is 0.830. The van der Waals surface area contributed by atoms with Crippen LogP contribution in [-0.2, 0) is 16.1 Å². The van der Waals surface area contributed by atoms with E-state index >= 15 is 0 Å². The van der Waals surface area contributed by atoms with Gasteiger partial charge in [0.15, 0.2) is 0 Å². The lowest BCUT2D eigenvalue weighted by molar-refractivity contribution is -0.125. The van der Waals surface area contributed by atoms with Gasteiger partial charge in [-0.15, -0.1) is 0 Å². The maximum Gasteiger partial charge on any atom is 0.237 e. The smallest absolute Gasteiger partial charge is 0.237 e. The Bertz CT molecular complexity index is 799. The van der Waals surface area contributed by atoms with Crippen molar-refractivity contribution < 1.29 is 14.3 Å². The molecule has 2 aliphatic heterocycles. The first-order chi connectivity index (χ1) is 13.8. The number of fused-ring (bicyclic) bond motifs is 2. The Morgan fingerprint density at radius 1 is 1.18 bits per heavy atom. The highest BCUT2D eigenvalue weighted by Crippen LogP contribution is 2.29. The van der Waals surface area contributed by atoms with Crippen molar-refractivity contribution in [1.29, 1.82) is 0 Å². The summed E-state index contributed by atoms with van der Waals surface area (Å²) >= 11 is 0. The number of ether oxygens (including phenoxy) is 2.